The van der Waals surface area contributed by atoms with Gasteiger partial charge in [-0.3, -0.25) is 0 Å². The molecule has 0 saturated heterocycles. The summed E-state index contributed by atoms with van der Waals surface area (Å²) in [6.07, 6.45) is 1.57. The zero-order valence-corrected chi connectivity index (χ0v) is 8.73. The summed E-state index contributed by atoms with van der Waals surface area (Å²) in [6, 6.07) is 7.34. The van der Waals surface area contributed by atoms with E-state index in [1.165, 1.54) is 0 Å². The highest BCUT2D eigenvalue weighted by Crippen LogP contribution is 2.09. The summed E-state index contributed by atoms with van der Waals surface area (Å²) in [7, 11) is 1.62. The normalized spacial score (nSPS) is 11.9. The molecule has 1 aromatic carbocycles. The van der Waals surface area contributed by atoms with E-state index in [0.29, 0.717) is 0 Å². The molecule has 0 spiro atoms. The van der Waals surface area contributed by atoms with E-state index in [0.717, 1.165) is 16.1 Å². The van der Waals surface area contributed by atoms with Gasteiger partial charge >= 0.3 is 0 Å². The predicted molar refractivity (Wildman–Crippen MR) is 56.9 cm³/mol. The van der Waals surface area contributed by atoms with Gasteiger partial charge in [-0.1, -0.05) is 0 Å². The average Bonchev–Trinajstić information content (AvgIpc) is 2.19. The van der Waals surface area contributed by atoms with E-state index < -0.39 is 0 Å². The molecule has 76 valence electrons. The predicted octanol–water partition coefficient (Wildman–Crippen LogP) is 2.03. The van der Waals surface area contributed by atoms with Crippen molar-refractivity contribution in [3.63, 3.8) is 0 Å². The lowest BCUT2D eigenvalue weighted by Gasteiger charge is -2.07. The molecule has 0 N–H and O–H groups in total. The Morgan fingerprint density at radius 3 is 2.29 bits per heavy atom. The number of hydrogen-bond donors (Lipinski definition) is 0. The molecule has 1 aromatic rings. The Morgan fingerprint density at radius 1 is 1.29 bits per heavy atom. The van der Waals surface area contributed by atoms with Crippen LogP contribution in [0, 0.1) is 5.21 Å². The molecule has 14 heavy (non-hydrogen) atoms. The standard InChI is InChI=1S/C11H15NO2/c1-9(2)12(13)8-10-4-6-11(14-3)7-5-10/h4-9H,1-3H3/b12-8-. The zero-order valence-electron chi connectivity index (χ0n) is 8.73. The number of benzene rings is 1. The van der Waals surface area contributed by atoms with Crippen LogP contribution >= 0.6 is 0 Å². The summed E-state index contributed by atoms with van der Waals surface area (Å²) in [4.78, 5) is 0. The van der Waals surface area contributed by atoms with Gasteiger partial charge < -0.3 is 9.94 Å². The van der Waals surface area contributed by atoms with Crippen LogP contribution in [0.2, 0.25) is 0 Å². The summed E-state index contributed by atoms with van der Waals surface area (Å²) < 4.78 is 5.95. The fourth-order valence-corrected chi connectivity index (χ4v) is 0.986. The molecule has 0 aliphatic carbocycles. The molecule has 1 rings (SSSR count). The Kier molecular flexibility index (Phi) is 3.51. The number of ether oxygens (including phenoxy) is 1. The van der Waals surface area contributed by atoms with Crippen LogP contribution in [0.5, 0.6) is 5.75 Å². The third kappa shape index (κ3) is 2.76. The van der Waals surface area contributed by atoms with Crippen molar-refractivity contribution in [1.82, 2.24) is 0 Å². The summed E-state index contributed by atoms with van der Waals surface area (Å²) in [5.74, 6) is 0.796. The van der Waals surface area contributed by atoms with Crippen molar-refractivity contribution in [3.8, 4) is 5.75 Å². The fraction of sp³-hybridized carbons (Fsp3) is 0.364. The van der Waals surface area contributed by atoms with Crippen LogP contribution in [0.15, 0.2) is 24.3 Å². The minimum absolute atomic E-state index is 0.0305. The lowest BCUT2D eigenvalue weighted by atomic mass is 10.2. The third-order valence-electron chi connectivity index (χ3n) is 1.90. The first-order valence-electron chi connectivity index (χ1n) is 4.58. The topological polar surface area (TPSA) is 35.3 Å². The van der Waals surface area contributed by atoms with E-state index in [1.54, 1.807) is 13.3 Å². The summed E-state index contributed by atoms with van der Waals surface area (Å²) in [6.45, 7) is 3.71. The van der Waals surface area contributed by atoms with Crippen LogP contribution in [0.3, 0.4) is 0 Å². The van der Waals surface area contributed by atoms with Crippen LogP contribution < -0.4 is 4.74 Å². The van der Waals surface area contributed by atoms with Crippen LogP contribution in [0.4, 0.5) is 0 Å². The van der Waals surface area contributed by atoms with Gasteiger partial charge in [-0.05, 0) is 38.1 Å². The second-order valence-corrected chi connectivity index (χ2v) is 3.36. The molecule has 3 heteroatoms. The minimum Gasteiger partial charge on any atom is -0.624 e. The Morgan fingerprint density at radius 2 is 1.86 bits per heavy atom. The van der Waals surface area contributed by atoms with Gasteiger partial charge in [0.1, 0.15) is 5.75 Å². The lowest BCUT2D eigenvalue weighted by molar-refractivity contribution is -0.487. The van der Waals surface area contributed by atoms with Crippen LogP contribution in [0.25, 0.3) is 0 Å². The molecule has 0 radical (unpaired) electrons. The van der Waals surface area contributed by atoms with Gasteiger partial charge in [0.2, 0.25) is 0 Å². The highest BCUT2D eigenvalue weighted by atomic mass is 16.5. The number of rotatable bonds is 3. The summed E-state index contributed by atoms with van der Waals surface area (Å²) in [5.41, 5.74) is 0.884. The quantitative estimate of drug-likeness (QED) is 0.318. The molecule has 0 atom stereocenters. The van der Waals surface area contributed by atoms with Gasteiger partial charge in [-0.15, -0.1) is 0 Å². The van der Waals surface area contributed by atoms with Crippen LogP contribution in [-0.4, -0.2) is 24.1 Å². The van der Waals surface area contributed by atoms with Gasteiger partial charge in [-0.25, -0.2) is 4.74 Å². The Bertz CT molecular complexity index is 315. The molecule has 0 bridgehead atoms. The third-order valence-corrected chi connectivity index (χ3v) is 1.90. The first-order chi connectivity index (χ1) is 6.63. The maximum absolute atomic E-state index is 11.3. The van der Waals surface area contributed by atoms with Crippen molar-refractivity contribution in [2.45, 2.75) is 19.9 Å². The molecule has 0 aliphatic heterocycles. The highest BCUT2D eigenvalue weighted by molar-refractivity contribution is 5.75. The summed E-state index contributed by atoms with van der Waals surface area (Å²) >= 11 is 0. The SMILES string of the molecule is COc1ccc(/C=[N+](\[O-])C(C)C)cc1. The maximum Gasteiger partial charge on any atom is 0.182 e. The molecule has 0 amide bonds. The molecule has 0 unspecified atom stereocenters. The van der Waals surface area contributed by atoms with Crippen molar-refractivity contribution in [2.75, 3.05) is 7.11 Å². The largest absolute Gasteiger partial charge is 0.624 e. The highest BCUT2D eigenvalue weighted by Gasteiger charge is 2.00. The van der Waals surface area contributed by atoms with Gasteiger partial charge in [0, 0.05) is 5.56 Å². The van der Waals surface area contributed by atoms with Crippen LogP contribution in [0.1, 0.15) is 19.4 Å². The molecule has 0 fully saturated rings. The molecule has 3 nitrogen and oxygen atoms in total. The first-order valence-corrected chi connectivity index (χ1v) is 4.58. The second-order valence-electron chi connectivity index (χ2n) is 3.36. The van der Waals surface area contributed by atoms with Gasteiger partial charge in [-0.2, -0.15) is 0 Å². The molecular formula is C11H15NO2. The van der Waals surface area contributed by atoms with Gasteiger partial charge in [0.25, 0.3) is 0 Å². The van der Waals surface area contributed by atoms with Crippen molar-refractivity contribution < 1.29 is 9.48 Å². The van der Waals surface area contributed by atoms with E-state index in [1.807, 2.05) is 38.1 Å². The Balaban J connectivity index is 2.83. The molecular weight excluding hydrogens is 178 g/mol. The number of hydroxylamine groups is 1. The van der Waals surface area contributed by atoms with Crippen molar-refractivity contribution >= 4 is 6.21 Å². The van der Waals surface area contributed by atoms with E-state index in [2.05, 4.69) is 0 Å². The van der Waals surface area contributed by atoms with Gasteiger partial charge in [0.15, 0.2) is 12.3 Å². The van der Waals surface area contributed by atoms with E-state index in [4.69, 9.17) is 4.74 Å². The van der Waals surface area contributed by atoms with Crippen molar-refractivity contribution in [3.05, 3.63) is 35.0 Å². The first kappa shape index (κ1) is 10.6. The monoisotopic (exact) mass is 193 g/mol. The van der Waals surface area contributed by atoms with E-state index in [-0.39, 0.29) is 6.04 Å². The summed E-state index contributed by atoms with van der Waals surface area (Å²) in [5, 5.41) is 11.3. The average molecular weight is 193 g/mol. The number of hydrogen-bond acceptors (Lipinski definition) is 2. The van der Waals surface area contributed by atoms with E-state index >= 15 is 0 Å². The number of methoxy groups -OCH3 is 1. The minimum atomic E-state index is -0.0305. The smallest absolute Gasteiger partial charge is 0.182 e. The Hall–Kier alpha value is -1.51. The Labute approximate surface area is 84.2 Å². The van der Waals surface area contributed by atoms with Crippen molar-refractivity contribution in [1.29, 1.82) is 0 Å². The second kappa shape index (κ2) is 4.65. The molecule has 0 heterocycles. The zero-order chi connectivity index (χ0) is 10.6. The number of nitrogens with zero attached hydrogens (tertiary/aromatic N) is 1. The molecule has 0 aromatic heterocycles. The van der Waals surface area contributed by atoms with Crippen molar-refractivity contribution in [2.24, 2.45) is 0 Å². The van der Waals surface area contributed by atoms with Crippen LogP contribution in [-0.2, 0) is 0 Å². The fourth-order valence-electron chi connectivity index (χ4n) is 0.986. The molecule has 0 aliphatic rings. The van der Waals surface area contributed by atoms with Gasteiger partial charge in [0.05, 0.1) is 7.11 Å². The lowest BCUT2D eigenvalue weighted by Crippen LogP contribution is -2.14. The maximum atomic E-state index is 11.3. The molecule has 0 saturated carbocycles. The van der Waals surface area contributed by atoms with E-state index in [9.17, 15) is 5.21 Å².